The molecule has 1 saturated heterocycles. The van der Waals surface area contributed by atoms with Crippen molar-refractivity contribution in [3.8, 4) is 0 Å². The van der Waals surface area contributed by atoms with Crippen LogP contribution in [0, 0.1) is 0 Å². The predicted octanol–water partition coefficient (Wildman–Crippen LogP) is 3.41. The van der Waals surface area contributed by atoms with E-state index in [0.717, 1.165) is 12.1 Å². The summed E-state index contributed by atoms with van der Waals surface area (Å²) < 4.78 is 27.0. The lowest BCUT2D eigenvalue weighted by molar-refractivity contribution is 0.385. The summed E-state index contributed by atoms with van der Waals surface area (Å²) in [5.41, 5.74) is 2.45. The molecule has 1 heterocycles. The molecule has 0 radical (unpaired) electrons. The Morgan fingerprint density at radius 1 is 1.00 bits per heavy atom. The van der Waals surface area contributed by atoms with Crippen molar-refractivity contribution in [2.75, 3.05) is 31.1 Å². The van der Waals surface area contributed by atoms with E-state index < -0.39 is 10.0 Å². The summed E-state index contributed by atoms with van der Waals surface area (Å²) in [6.07, 6.45) is 1.02. The van der Waals surface area contributed by atoms with Crippen LogP contribution in [-0.2, 0) is 16.4 Å². The van der Waals surface area contributed by atoms with Gasteiger partial charge in [-0.05, 0) is 42.3 Å². The molecule has 2 aromatic carbocycles. The lowest BCUT2D eigenvalue weighted by Gasteiger charge is -2.35. The van der Waals surface area contributed by atoms with Gasteiger partial charge in [-0.3, -0.25) is 0 Å². The number of hydrogen-bond acceptors (Lipinski definition) is 3. The van der Waals surface area contributed by atoms with Crippen molar-refractivity contribution in [2.24, 2.45) is 0 Å². The summed E-state index contributed by atoms with van der Waals surface area (Å²) in [7, 11) is -3.48. The Balaban J connectivity index is 1.70. The van der Waals surface area contributed by atoms with Crippen LogP contribution in [0.1, 0.15) is 12.5 Å². The van der Waals surface area contributed by atoms with Crippen LogP contribution < -0.4 is 4.90 Å². The highest BCUT2D eigenvalue weighted by atomic mass is 35.5. The molecule has 1 aliphatic heterocycles. The summed E-state index contributed by atoms with van der Waals surface area (Å²) in [5.74, 6) is 0. The quantitative estimate of drug-likeness (QED) is 0.834. The number of benzene rings is 2. The van der Waals surface area contributed by atoms with E-state index in [0.29, 0.717) is 31.2 Å². The number of halogens is 1. The molecule has 1 aliphatic rings. The van der Waals surface area contributed by atoms with Crippen molar-refractivity contribution in [2.45, 2.75) is 18.2 Å². The van der Waals surface area contributed by atoms with Crippen molar-refractivity contribution in [1.82, 2.24) is 4.31 Å². The number of rotatable bonds is 4. The summed E-state index contributed by atoms with van der Waals surface area (Å²) in [5, 5.41) is 0.436. The number of sulfonamides is 1. The van der Waals surface area contributed by atoms with Gasteiger partial charge < -0.3 is 4.90 Å². The van der Waals surface area contributed by atoms with Gasteiger partial charge in [0.2, 0.25) is 10.0 Å². The van der Waals surface area contributed by atoms with Gasteiger partial charge in [-0.1, -0.05) is 36.7 Å². The first kappa shape index (κ1) is 17.3. The Labute approximate surface area is 148 Å². The first-order chi connectivity index (χ1) is 11.5. The molecule has 2 aromatic rings. The van der Waals surface area contributed by atoms with E-state index in [1.807, 2.05) is 0 Å². The third-order valence-corrected chi connectivity index (χ3v) is 6.51. The van der Waals surface area contributed by atoms with Crippen LogP contribution in [0.4, 0.5) is 5.69 Å². The molecular weight excluding hydrogens is 344 g/mol. The van der Waals surface area contributed by atoms with Crippen molar-refractivity contribution < 1.29 is 8.42 Å². The summed E-state index contributed by atoms with van der Waals surface area (Å²) in [4.78, 5) is 2.49. The summed E-state index contributed by atoms with van der Waals surface area (Å²) in [6.45, 7) is 4.46. The van der Waals surface area contributed by atoms with Gasteiger partial charge in [0.1, 0.15) is 0 Å². The Hall–Kier alpha value is -1.56. The van der Waals surface area contributed by atoms with Crippen molar-refractivity contribution in [1.29, 1.82) is 0 Å². The number of aryl methyl sites for hydroxylation is 1. The minimum Gasteiger partial charge on any atom is -0.369 e. The minimum atomic E-state index is -3.48. The Kier molecular flexibility index (Phi) is 5.13. The maximum atomic E-state index is 12.7. The van der Waals surface area contributed by atoms with E-state index >= 15 is 0 Å². The van der Waals surface area contributed by atoms with Crippen LogP contribution in [0.25, 0.3) is 0 Å². The SMILES string of the molecule is CCc1ccc(N2CCN(S(=O)(=O)c3cccc(Cl)c3)CC2)cc1. The average Bonchev–Trinajstić information content (AvgIpc) is 2.62. The molecule has 0 spiro atoms. The van der Waals surface area contributed by atoms with Gasteiger partial charge in [-0.2, -0.15) is 4.31 Å². The normalized spacial score (nSPS) is 16.3. The molecule has 0 aliphatic carbocycles. The maximum Gasteiger partial charge on any atom is 0.243 e. The van der Waals surface area contributed by atoms with Crippen molar-refractivity contribution in [3.05, 3.63) is 59.1 Å². The van der Waals surface area contributed by atoms with Crippen LogP contribution in [-0.4, -0.2) is 38.9 Å². The fraction of sp³-hybridized carbons (Fsp3) is 0.333. The standard InChI is InChI=1S/C18H21ClN2O2S/c1-2-15-6-8-17(9-7-15)20-10-12-21(13-11-20)24(22,23)18-5-3-4-16(19)14-18/h3-9,14H,2,10-13H2,1H3. The molecular formula is C18H21ClN2O2S. The average molecular weight is 365 g/mol. The summed E-state index contributed by atoms with van der Waals surface area (Å²) in [6, 6.07) is 14.9. The molecule has 0 atom stereocenters. The van der Waals surface area contributed by atoms with Gasteiger partial charge in [0.25, 0.3) is 0 Å². The highest BCUT2D eigenvalue weighted by molar-refractivity contribution is 7.89. The van der Waals surface area contributed by atoms with E-state index in [1.54, 1.807) is 18.2 Å². The Morgan fingerprint density at radius 2 is 1.67 bits per heavy atom. The Bertz CT molecular complexity index is 798. The number of hydrogen-bond donors (Lipinski definition) is 0. The zero-order valence-corrected chi connectivity index (χ0v) is 15.2. The third kappa shape index (κ3) is 3.58. The molecule has 6 heteroatoms. The van der Waals surface area contributed by atoms with Gasteiger partial charge in [0, 0.05) is 36.9 Å². The van der Waals surface area contributed by atoms with E-state index in [4.69, 9.17) is 11.6 Å². The summed E-state index contributed by atoms with van der Waals surface area (Å²) >= 11 is 5.93. The third-order valence-electron chi connectivity index (χ3n) is 4.38. The zero-order chi connectivity index (χ0) is 17.2. The predicted molar refractivity (Wildman–Crippen MR) is 98.2 cm³/mol. The highest BCUT2D eigenvalue weighted by Crippen LogP contribution is 2.23. The van der Waals surface area contributed by atoms with Crippen LogP contribution in [0.2, 0.25) is 5.02 Å². The second kappa shape index (κ2) is 7.13. The fourth-order valence-corrected chi connectivity index (χ4v) is 4.63. The first-order valence-electron chi connectivity index (χ1n) is 8.10. The topological polar surface area (TPSA) is 40.6 Å². The van der Waals surface area contributed by atoms with Gasteiger partial charge in [0.05, 0.1) is 4.90 Å². The molecule has 0 saturated carbocycles. The van der Waals surface area contributed by atoms with E-state index in [2.05, 4.69) is 36.1 Å². The second-order valence-corrected chi connectivity index (χ2v) is 8.24. The van der Waals surface area contributed by atoms with Gasteiger partial charge in [-0.15, -0.1) is 0 Å². The lowest BCUT2D eigenvalue weighted by atomic mass is 10.1. The van der Waals surface area contributed by atoms with Crippen LogP contribution >= 0.6 is 11.6 Å². The van der Waals surface area contributed by atoms with Gasteiger partial charge in [-0.25, -0.2) is 8.42 Å². The molecule has 0 N–H and O–H groups in total. The van der Waals surface area contributed by atoms with Gasteiger partial charge in [0.15, 0.2) is 0 Å². The number of anilines is 1. The molecule has 128 valence electrons. The van der Waals surface area contributed by atoms with Crippen LogP contribution in [0.5, 0.6) is 0 Å². The van der Waals surface area contributed by atoms with Gasteiger partial charge >= 0.3 is 0 Å². The van der Waals surface area contributed by atoms with E-state index in [-0.39, 0.29) is 4.90 Å². The molecule has 0 unspecified atom stereocenters. The highest BCUT2D eigenvalue weighted by Gasteiger charge is 2.28. The molecule has 0 amide bonds. The van der Waals surface area contributed by atoms with Crippen LogP contribution in [0.15, 0.2) is 53.4 Å². The number of piperazine rings is 1. The zero-order valence-electron chi connectivity index (χ0n) is 13.7. The number of nitrogens with zero attached hydrogens (tertiary/aromatic N) is 2. The molecule has 24 heavy (non-hydrogen) atoms. The monoisotopic (exact) mass is 364 g/mol. The van der Waals surface area contributed by atoms with Crippen molar-refractivity contribution in [3.63, 3.8) is 0 Å². The van der Waals surface area contributed by atoms with E-state index in [1.165, 1.54) is 15.9 Å². The minimum absolute atomic E-state index is 0.260. The first-order valence-corrected chi connectivity index (χ1v) is 9.92. The molecule has 0 bridgehead atoms. The van der Waals surface area contributed by atoms with Crippen molar-refractivity contribution >= 4 is 27.3 Å². The molecule has 1 fully saturated rings. The smallest absolute Gasteiger partial charge is 0.243 e. The molecule has 3 rings (SSSR count). The molecule has 4 nitrogen and oxygen atoms in total. The fourth-order valence-electron chi connectivity index (χ4n) is 2.91. The lowest BCUT2D eigenvalue weighted by Crippen LogP contribution is -2.48. The van der Waals surface area contributed by atoms with E-state index in [9.17, 15) is 8.42 Å². The molecule has 0 aromatic heterocycles. The largest absolute Gasteiger partial charge is 0.369 e. The maximum absolute atomic E-state index is 12.7. The second-order valence-electron chi connectivity index (χ2n) is 5.87. The Morgan fingerprint density at radius 3 is 2.25 bits per heavy atom. The van der Waals surface area contributed by atoms with Crippen LogP contribution in [0.3, 0.4) is 0 Å².